The average molecular weight is 224 g/mol. The van der Waals surface area contributed by atoms with Crippen LogP contribution in [0.5, 0.6) is 0 Å². The van der Waals surface area contributed by atoms with E-state index in [-0.39, 0.29) is 17.4 Å². The van der Waals surface area contributed by atoms with E-state index in [0.717, 1.165) is 13.0 Å². The molecule has 1 rings (SSSR count). The number of amides is 1. The molecule has 1 unspecified atom stereocenters. The quantitative estimate of drug-likeness (QED) is 0.662. The zero-order chi connectivity index (χ0) is 8.27. The SMILES string of the molecule is O=C1C(Br)CCN1CCCF. The first kappa shape index (κ1) is 8.97. The van der Waals surface area contributed by atoms with Crippen molar-refractivity contribution in [1.82, 2.24) is 4.90 Å². The molecule has 4 heteroatoms. The van der Waals surface area contributed by atoms with Crippen molar-refractivity contribution in [3.63, 3.8) is 0 Å². The summed E-state index contributed by atoms with van der Waals surface area (Å²) in [6, 6.07) is 0. The van der Waals surface area contributed by atoms with Gasteiger partial charge >= 0.3 is 0 Å². The normalized spacial score (nSPS) is 24.7. The first-order valence-electron chi connectivity index (χ1n) is 3.74. The fraction of sp³-hybridized carbons (Fsp3) is 0.857. The van der Waals surface area contributed by atoms with Gasteiger partial charge < -0.3 is 4.90 Å². The summed E-state index contributed by atoms with van der Waals surface area (Å²) in [6.07, 6.45) is 1.32. The monoisotopic (exact) mass is 223 g/mol. The van der Waals surface area contributed by atoms with Gasteiger partial charge in [-0.1, -0.05) is 15.9 Å². The Kier molecular flexibility index (Phi) is 3.30. The Morgan fingerprint density at radius 2 is 2.45 bits per heavy atom. The van der Waals surface area contributed by atoms with Crippen molar-refractivity contribution in [2.24, 2.45) is 0 Å². The highest BCUT2D eigenvalue weighted by molar-refractivity contribution is 9.10. The molecule has 0 aromatic heterocycles. The smallest absolute Gasteiger partial charge is 0.236 e. The van der Waals surface area contributed by atoms with Crippen LogP contribution in [0.25, 0.3) is 0 Å². The Bertz CT molecular complexity index is 153. The fourth-order valence-electron chi connectivity index (χ4n) is 1.17. The van der Waals surface area contributed by atoms with Crippen molar-refractivity contribution in [2.75, 3.05) is 19.8 Å². The highest BCUT2D eigenvalue weighted by Crippen LogP contribution is 2.18. The number of hydrogen-bond donors (Lipinski definition) is 0. The number of hydrogen-bond acceptors (Lipinski definition) is 1. The van der Waals surface area contributed by atoms with Gasteiger partial charge in [0, 0.05) is 13.1 Å². The lowest BCUT2D eigenvalue weighted by atomic mass is 10.4. The van der Waals surface area contributed by atoms with Crippen LogP contribution in [0.15, 0.2) is 0 Å². The zero-order valence-electron chi connectivity index (χ0n) is 6.22. The summed E-state index contributed by atoms with van der Waals surface area (Å²) in [5.41, 5.74) is 0. The van der Waals surface area contributed by atoms with Crippen LogP contribution < -0.4 is 0 Å². The summed E-state index contributed by atoms with van der Waals surface area (Å²) in [4.78, 5) is 12.8. The molecule has 0 radical (unpaired) electrons. The maximum Gasteiger partial charge on any atom is 0.236 e. The summed E-state index contributed by atoms with van der Waals surface area (Å²) in [6.45, 7) is 1.00. The number of likely N-dealkylation sites (tertiary alicyclic amines) is 1. The molecule has 1 fully saturated rings. The Balaban J connectivity index is 2.30. The summed E-state index contributed by atoms with van der Waals surface area (Å²) >= 11 is 3.25. The minimum atomic E-state index is -0.337. The van der Waals surface area contributed by atoms with E-state index in [9.17, 15) is 9.18 Å². The molecule has 1 aliphatic heterocycles. The molecule has 11 heavy (non-hydrogen) atoms. The maximum atomic E-state index is 11.7. The molecular weight excluding hydrogens is 213 g/mol. The van der Waals surface area contributed by atoms with Gasteiger partial charge in [0.25, 0.3) is 0 Å². The fourth-order valence-corrected chi connectivity index (χ4v) is 1.67. The van der Waals surface area contributed by atoms with Gasteiger partial charge in [0.2, 0.25) is 5.91 Å². The standard InChI is InChI=1S/C7H11BrFNO/c8-6-2-5-10(7(6)11)4-1-3-9/h6H,1-5H2. The van der Waals surface area contributed by atoms with Crippen LogP contribution in [0.4, 0.5) is 4.39 Å². The van der Waals surface area contributed by atoms with Gasteiger partial charge in [-0.25, -0.2) is 0 Å². The number of carbonyl (C=O) groups is 1. The predicted molar refractivity (Wildman–Crippen MR) is 44.5 cm³/mol. The summed E-state index contributed by atoms with van der Waals surface area (Å²) in [7, 11) is 0. The Hall–Kier alpha value is -0.120. The summed E-state index contributed by atoms with van der Waals surface area (Å²) in [5, 5.41) is 0. The van der Waals surface area contributed by atoms with Crippen LogP contribution in [0.3, 0.4) is 0 Å². The first-order chi connectivity index (χ1) is 5.25. The van der Waals surface area contributed by atoms with E-state index in [2.05, 4.69) is 15.9 Å². The Labute approximate surface area is 73.9 Å². The van der Waals surface area contributed by atoms with E-state index in [1.807, 2.05) is 0 Å². The molecular formula is C7H11BrFNO. The van der Waals surface area contributed by atoms with Gasteiger partial charge in [-0.2, -0.15) is 0 Å². The highest BCUT2D eigenvalue weighted by Gasteiger charge is 2.28. The highest BCUT2D eigenvalue weighted by atomic mass is 79.9. The number of carbonyl (C=O) groups excluding carboxylic acids is 1. The second-order valence-electron chi connectivity index (χ2n) is 2.62. The van der Waals surface area contributed by atoms with Gasteiger partial charge in [0.1, 0.15) is 0 Å². The molecule has 1 saturated heterocycles. The van der Waals surface area contributed by atoms with E-state index >= 15 is 0 Å². The van der Waals surface area contributed by atoms with Crippen molar-refractivity contribution >= 4 is 21.8 Å². The lowest BCUT2D eigenvalue weighted by Gasteiger charge is -2.13. The number of halogens is 2. The van der Waals surface area contributed by atoms with Crippen molar-refractivity contribution in [3.05, 3.63) is 0 Å². The van der Waals surface area contributed by atoms with Gasteiger partial charge in [0.15, 0.2) is 0 Å². The molecule has 1 atom stereocenters. The minimum Gasteiger partial charge on any atom is -0.342 e. The lowest BCUT2D eigenvalue weighted by Crippen LogP contribution is -2.28. The molecule has 0 saturated carbocycles. The van der Waals surface area contributed by atoms with E-state index < -0.39 is 0 Å². The van der Waals surface area contributed by atoms with Gasteiger partial charge in [-0.15, -0.1) is 0 Å². The summed E-state index contributed by atoms with van der Waals surface area (Å²) in [5.74, 6) is 0.110. The largest absolute Gasteiger partial charge is 0.342 e. The number of nitrogens with zero attached hydrogens (tertiary/aromatic N) is 1. The molecule has 0 aromatic carbocycles. The molecule has 0 aromatic rings. The third-order valence-electron chi connectivity index (χ3n) is 1.79. The topological polar surface area (TPSA) is 20.3 Å². The number of rotatable bonds is 3. The van der Waals surface area contributed by atoms with Crippen LogP contribution in [-0.4, -0.2) is 35.4 Å². The van der Waals surface area contributed by atoms with Crippen molar-refractivity contribution in [3.8, 4) is 0 Å². The minimum absolute atomic E-state index is 0.0258. The van der Waals surface area contributed by atoms with Gasteiger partial charge in [-0.3, -0.25) is 9.18 Å². The second-order valence-corrected chi connectivity index (χ2v) is 3.73. The molecule has 64 valence electrons. The van der Waals surface area contributed by atoms with Crippen LogP contribution in [0, 0.1) is 0 Å². The van der Waals surface area contributed by atoms with E-state index in [4.69, 9.17) is 0 Å². The summed E-state index contributed by atoms with van der Waals surface area (Å²) < 4.78 is 11.7. The van der Waals surface area contributed by atoms with E-state index in [1.54, 1.807) is 4.90 Å². The van der Waals surface area contributed by atoms with Crippen LogP contribution >= 0.6 is 15.9 Å². The second kappa shape index (κ2) is 4.04. The van der Waals surface area contributed by atoms with Gasteiger partial charge in [0.05, 0.1) is 11.5 Å². The molecule has 0 bridgehead atoms. The predicted octanol–water partition coefficient (Wildman–Crippen LogP) is 1.34. The molecule has 0 N–H and O–H groups in total. The van der Waals surface area contributed by atoms with Crippen LogP contribution in [0.1, 0.15) is 12.8 Å². The van der Waals surface area contributed by atoms with Crippen molar-refractivity contribution < 1.29 is 9.18 Å². The molecule has 1 aliphatic rings. The molecule has 1 heterocycles. The molecule has 0 aliphatic carbocycles. The maximum absolute atomic E-state index is 11.7. The van der Waals surface area contributed by atoms with Gasteiger partial charge in [-0.05, 0) is 12.8 Å². The third-order valence-corrected chi connectivity index (χ3v) is 2.64. The molecule has 1 amide bonds. The van der Waals surface area contributed by atoms with Crippen LogP contribution in [0.2, 0.25) is 0 Å². The van der Waals surface area contributed by atoms with E-state index in [0.29, 0.717) is 13.0 Å². The Morgan fingerprint density at radius 3 is 2.91 bits per heavy atom. The molecule has 0 spiro atoms. The van der Waals surface area contributed by atoms with Crippen molar-refractivity contribution in [2.45, 2.75) is 17.7 Å². The van der Waals surface area contributed by atoms with Crippen LogP contribution in [-0.2, 0) is 4.79 Å². The first-order valence-corrected chi connectivity index (χ1v) is 4.66. The Morgan fingerprint density at radius 1 is 1.73 bits per heavy atom. The zero-order valence-corrected chi connectivity index (χ0v) is 7.81. The van der Waals surface area contributed by atoms with E-state index in [1.165, 1.54) is 0 Å². The number of alkyl halides is 2. The third kappa shape index (κ3) is 2.15. The molecule has 2 nitrogen and oxygen atoms in total. The van der Waals surface area contributed by atoms with Crippen molar-refractivity contribution in [1.29, 1.82) is 0 Å². The lowest BCUT2D eigenvalue weighted by molar-refractivity contribution is -0.127. The average Bonchev–Trinajstić information content (AvgIpc) is 2.31.